The fraction of sp³-hybridized carbons (Fsp3) is 0.562. The molecule has 0 saturated heterocycles. The Kier molecular flexibility index (Phi) is 7.61. The maximum absolute atomic E-state index is 11.2. The van der Waals surface area contributed by atoms with Crippen LogP contribution in [0.1, 0.15) is 37.6 Å². The summed E-state index contributed by atoms with van der Waals surface area (Å²) in [7, 11) is 0. The summed E-state index contributed by atoms with van der Waals surface area (Å²) in [6.45, 7) is 7.96. The fourth-order valence-corrected chi connectivity index (χ4v) is 1.73. The molecule has 5 heteroatoms. The van der Waals surface area contributed by atoms with Crippen LogP contribution in [0.2, 0.25) is 0 Å². The molecule has 118 valence electrons. The first-order chi connectivity index (χ1) is 10.1. The van der Waals surface area contributed by atoms with E-state index in [9.17, 15) is 9.90 Å². The minimum atomic E-state index is -1.03. The van der Waals surface area contributed by atoms with Crippen LogP contribution in [0.3, 0.4) is 0 Å². The normalized spacial score (nSPS) is 10.7. The van der Waals surface area contributed by atoms with Crippen LogP contribution >= 0.6 is 0 Å². The zero-order chi connectivity index (χ0) is 15.7. The highest BCUT2D eigenvalue weighted by molar-refractivity contribution is 5.92. The number of carbonyl (C=O) groups is 1. The minimum Gasteiger partial charge on any atom is -0.490 e. The second-order valence-electron chi connectivity index (χ2n) is 5.01. The molecule has 0 aliphatic heterocycles. The Labute approximate surface area is 125 Å². The van der Waals surface area contributed by atoms with Gasteiger partial charge in [0.25, 0.3) is 0 Å². The molecular weight excluding hydrogens is 272 g/mol. The molecule has 0 bridgehead atoms. The van der Waals surface area contributed by atoms with Crippen LogP contribution < -0.4 is 9.47 Å². The number of carboxylic acids is 1. The number of hydrogen-bond donors (Lipinski definition) is 1. The van der Waals surface area contributed by atoms with Crippen molar-refractivity contribution in [2.75, 3.05) is 26.4 Å². The van der Waals surface area contributed by atoms with Crippen molar-refractivity contribution in [1.82, 2.24) is 0 Å². The molecule has 0 fully saturated rings. The van der Waals surface area contributed by atoms with Crippen LogP contribution in [0.5, 0.6) is 11.5 Å². The lowest BCUT2D eigenvalue weighted by atomic mass is 10.1. The molecule has 0 spiro atoms. The van der Waals surface area contributed by atoms with E-state index in [0.717, 1.165) is 6.42 Å². The maximum Gasteiger partial charge on any atom is 0.339 e. The van der Waals surface area contributed by atoms with Gasteiger partial charge in [-0.2, -0.15) is 0 Å². The molecule has 1 N–H and O–H groups in total. The first-order valence-corrected chi connectivity index (χ1v) is 7.25. The minimum absolute atomic E-state index is 0.100. The van der Waals surface area contributed by atoms with Gasteiger partial charge >= 0.3 is 5.97 Å². The summed E-state index contributed by atoms with van der Waals surface area (Å²) in [4.78, 5) is 11.2. The van der Waals surface area contributed by atoms with E-state index in [2.05, 4.69) is 13.8 Å². The van der Waals surface area contributed by atoms with E-state index in [0.29, 0.717) is 38.1 Å². The van der Waals surface area contributed by atoms with Crippen molar-refractivity contribution in [3.63, 3.8) is 0 Å². The van der Waals surface area contributed by atoms with E-state index in [1.165, 1.54) is 6.07 Å². The Morgan fingerprint density at radius 2 is 1.95 bits per heavy atom. The van der Waals surface area contributed by atoms with Gasteiger partial charge in [0.1, 0.15) is 12.2 Å². The molecule has 0 saturated carbocycles. The molecule has 0 aliphatic carbocycles. The number of ether oxygens (including phenoxy) is 3. The Balaban J connectivity index is 2.57. The molecule has 1 rings (SSSR count). The third kappa shape index (κ3) is 6.04. The van der Waals surface area contributed by atoms with Crippen molar-refractivity contribution in [3.05, 3.63) is 23.8 Å². The lowest BCUT2D eigenvalue weighted by molar-refractivity contribution is 0.0680. The van der Waals surface area contributed by atoms with E-state index in [4.69, 9.17) is 14.2 Å². The van der Waals surface area contributed by atoms with Crippen molar-refractivity contribution in [3.8, 4) is 11.5 Å². The van der Waals surface area contributed by atoms with E-state index in [1.54, 1.807) is 12.1 Å². The number of hydrogen-bond acceptors (Lipinski definition) is 4. The van der Waals surface area contributed by atoms with Gasteiger partial charge in [0.2, 0.25) is 0 Å². The van der Waals surface area contributed by atoms with E-state index < -0.39 is 5.97 Å². The van der Waals surface area contributed by atoms with Crippen LogP contribution in [0.25, 0.3) is 0 Å². The number of benzene rings is 1. The smallest absolute Gasteiger partial charge is 0.339 e. The fourth-order valence-electron chi connectivity index (χ4n) is 1.73. The Hall–Kier alpha value is -1.75. The summed E-state index contributed by atoms with van der Waals surface area (Å²) in [5, 5.41) is 9.19. The standard InChI is InChI=1S/C16H24O5/c1-4-20-14-7-5-6-13(16(17)18)15(14)21-11-10-19-9-8-12(2)3/h5-7,12H,4,8-11H2,1-3H3,(H,17,18). The van der Waals surface area contributed by atoms with Gasteiger partial charge in [-0.15, -0.1) is 0 Å². The van der Waals surface area contributed by atoms with Gasteiger partial charge < -0.3 is 19.3 Å². The number of para-hydroxylation sites is 1. The summed E-state index contributed by atoms with van der Waals surface area (Å²) in [5.74, 6) is 0.273. The molecule has 1 aromatic rings. The lowest BCUT2D eigenvalue weighted by Crippen LogP contribution is -2.12. The van der Waals surface area contributed by atoms with Gasteiger partial charge in [-0.25, -0.2) is 4.79 Å². The predicted molar refractivity (Wildman–Crippen MR) is 80.3 cm³/mol. The summed E-state index contributed by atoms with van der Waals surface area (Å²) in [5.41, 5.74) is 0.100. The summed E-state index contributed by atoms with van der Waals surface area (Å²) in [6.07, 6.45) is 0.996. The molecule has 0 heterocycles. The third-order valence-corrected chi connectivity index (χ3v) is 2.82. The van der Waals surface area contributed by atoms with Crippen LogP contribution in [-0.2, 0) is 4.74 Å². The number of aromatic carboxylic acids is 1. The molecule has 0 radical (unpaired) electrons. The van der Waals surface area contributed by atoms with Gasteiger partial charge in [0, 0.05) is 6.61 Å². The van der Waals surface area contributed by atoms with Crippen molar-refractivity contribution in [1.29, 1.82) is 0 Å². The second-order valence-corrected chi connectivity index (χ2v) is 5.01. The molecule has 0 aromatic heterocycles. The molecule has 21 heavy (non-hydrogen) atoms. The predicted octanol–water partition coefficient (Wildman–Crippen LogP) is 3.23. The monoisotopic (exact) mass is 296 g/mol. The van der Waals surface area contributed by atoms with Crippen LogP contribution in [0, 0.1) is 5.92 Å². The Bertz CT molecular complexity index is 442. The highest BCUT2D eigenvalue weighted by Gasteiger charge is 2.16. The average molecular weight is 296 g/mol. The first kappa shape index (κ1) is 17.3. The molecule has 0 atom stereocenters. The third-order valence-electron chi connectivity index (χ3n) is 2.82. The quantitative estimate of drug-likeness (QED) is 0.672. The van der Waals surface area contributed by atoms with Crippen molar-refractivity contribution >= 4 is 5.97 Å². The lowest BCUT2D eigenvalue weighted by Gasteiger charge is -2.14. The second kappa shape index (κ2) is 9.23. The zero-order valence-electron chi connectivity index (χ0n) is 12.9. The summed E-state index contributed by atoms with van der Waals surface area (Å²) < 4.78 is 16.4. The molecule has 0 unspecified atom stereocenters. The first-order valence-electron chi connectivity index (χ1n) is 7.25. The highest BCUT2D eigenvalue weighted by Crippen LogP contribution is 2.31. The summed E-state index contributed by atoms with van der Waals surface area (Å²) in [6, 6.07) is 4.84. The van der Waals surface area contributed by atoms with Gasteiger partial charge in [-0.1, -0.05) is 19.9 Å². The zero-order valence-corrected chi connectivity index (χ0v) is 12.9. The topological polar surface area (TPSA) is 65.0 Å². The van der Waals surface area contributed by atoms with Gasteiger partial charge in [0.05, 0.1) is 13.2 Å². The largest absolute Gasteiger partial charge is 0.490 e. The van der Waals surface area contributed by atoms with Gasteiger partial charge in [-0.3, -0.25) is 0 Å². The molecule has 0 amide bonds. The molecular formula is C16H24O5. The maximum atomic E-state index is 11.2. The van der Waals surface area contributed by atoms with E-state index in [-0.39, 0.29) is 11.3 Å². The van der Waals surface area contributed by atoms with Crippen LogP contribution in [0.15, 0.2) is 18.2 Å². The number of rotatable bonds is 10. The highest BCUT2D eigenvalue weighted by atomic mass is 16.5. The molecule has 5 nitrogen and oxygen atoms in total. The van der Waals surface area contributed by atoms with E-state index >= 15 is 0 Å². The van der Waals surface area contributed by atoms with Crippen molar-refractivity contribution in [2.24, 2.45) is 5.92 Å². The number of carboxylic acid groups (broad SMARTS) is 1. The summed E-state index contributed by atoms with van der Waals surface area (Å²) >= 11 is 0. The Morgan fingerprint density at radius 1 is 1.19 bits per heavy atom. The van der Waals surface area contributed by atoms with Crippen molar-refractivity contribution in [2.45, 2.75) is 27.2 Å². The molecule has 1 aromatic carbocycles. The van der Waals surface area contributed by atoms with Crippen molar-refractivity contribution < 1.29 is 24.1 Å². The average Bonchev–Trinajstić information content (AvgIpc) is 2.43. The molecule has 0 aliphatic rings. The van der Waals surface area contributed by atoms with Gasteiger partial charge in [0.15, 0.2) is 11.5 Å². The van der Waals surface area contributed by atoms with Crippen LogP contribution in [-0.4, -0.2) is 37.5 Å². The van der Waals surface area contributed by atoms with E-state index in [1.807, 2.05) is 6.92 Å². The van der Waals surface area contributed by atoms with Gasteiger partial charge in [-0.05, 0) is 31.4 Å². The Morgan fingerprint density at radius 3 is 2.57 bits per heavy atom. The SMILES string of the molecule is CCOc1cccc(C(=O)O)c1OCCOCCC(C)C. The van der Waals surface area contributed by atoms with Crippen LogP contribution in [0.4, 0.5) is 0 Å².